The first-order chi connectivity index (χ1) is 9.04. The third-order valence-electron chi connectivity index (χ3n) is 2.95. The summed E-state index contributed by atoms with van der Waals surface area (Å²) in [6.45, 7) is 1.76. The number of ether oxygens (including phenoxy) is 1. The number of aromatic amines is 1. The van der Waals surface area contributed by atoms with Gasteiger partial charge in [-0.3, -0.25) is 9.89 Å². The molecule has 2 aromatic rings. The Morgan fingerprint density at radius 1 is 1.37 bits per heavy atom. The number of carbonyl (C=O) groups is 1. The molecule has 0 saturated carbocycles. The van der Waals surface area contributed by atoms with Crippen molar-refractivity contribution >= 4 is 17.4 Å². The van der Waals surface area contributed by atoms with Gasteiger partial charge in [-0.1, -0.05) is 0 Å². The number of hydrogen-bond donors (Lipinski definition) is 2. The zero-order valence-corrected chi connectivity index (χ0v) is 11.1. The van der Waals surface area contributed by atoms with E-state index >= 15 is 0 Å². The van der Waals surface area contributed by atoms with E-state index in [0.29, 0.717) is 11.3 Å². The predicted octanol–water partition coefficient (Wildman–Crippen LogP) is 1.59. The second-order valence-corrected chi connectivity index (χ2v) is 4.17. The molecular formula is C13H16N4O2. The summed E-state index contributed by atoms with van der Waals surface area (Å²) in [5.74, 6) is 0.750. The number of carbonyl (C=O) groups excluding carboxylic acids is 1. The highest BCUT2D eigenvalue weighted by molar-refractivity contribution is 6.09. The third-order valence-corrected chi connectivity index (χ3v) is 2.95. The molecule has 0 saturated heterocycles. The van der Waals surface area contributed by atoms with E-state index in [2.05, 4.69) is 10.2 Å². The molecule has 6 heteroatoms. The lowest BCUT2D eigenvalue weighted by Crippen LogP contribution is -2.27. The fourth-order valence-electron chi connectivity index (χ4n) is 1.81. The number of nitrogen functional groups attached to an aromatic ring is 1. The second-order valence-electron chi connectivity index (χ2n) is 4.17. The summed E-state index contributed by atoms with van der Waals surface area (Å²) in [6, 6.07) is 7.21. The molecule has 1 amide bonds. The van der Waals surface area contributed by atoms with Crippen LogP contribution in [0.1, 0.15) is 16.1 Å². The van der Waals surface area contributed by atoms with Crippen LogP contribution in [-0.2, 0) is 0 Å². The zero-order chi connectivity index (χ0) is 14.0. The predicted molar refractivity (Wildman–Crippen MR) is 73.5 cm³/mol. The zero-order valence-electron chi connectivity index (χ0n) is 11.1. The number of anilines is 2. The molecule has 1 aromatic heterocycles. The summed E-state index contributed by atoms with van der Waals surface area (Å²) >= 11 is 0. The van der Waals surface area contributed by atoms with Crippen LogP contribution in [0, 0.1) is 6.92 Å². The summed E-state index contributed by atoms with van der Waals surface area (Å²) < 4.78 is 5.08. The van der Waals surface area contributed by atoms with E-state index in [9.17, 15) is 4.79 Å². The number of benzene rings is 1. The topological polar surface area (TPSA) is 84.2 Å². The van der Waals surface area contributed by atoms with Gasteiger partial charge in [-0.2, -0.15) is 5.10 Å². The number of nitrogens with zero attached hydrogens (tertiary/aromatic N) is 2. The van der Waals surface area contributed by atoms with Crippen molar-refractivity contribution in [3.8, 4) is 5.75 Å². The molecule has 0 fully saturated rings. The number of amides is 1. The van der Waals surface area contributed by atoms with E-state index in [4.69, 9.17) is 10.5 Å². The smallest absolute Gasteiger partial charge is 0.263 e. The molecule has 100 valence electrons. The lowest BCUT2D eigenvalue weighted by molar-refractivity contribution is 0.0993. The number of nitrogens with one attached hydrogen (secondary N) is 1. The van der Waals surface area contributed by atoms with Crippen molar-refractivity contribution in [1.82, 2.24) is 10.2 Å². The Morgan fingerprint density at radius 2 is 2.00 bits per heavy atom. The standard InChI is InChI=1S/C13H16N4O2/c1-8-11(12(14)16-15-8)13(18)17(2)9-4-6-10(19-3)7-5-9/h4-7H,1-3H3,(H3,14,15,16). The van der Waals surface area contributed by atoms with E-state index in [-0.39, 0.29) is 11.7 Å². The molecule has 0 radical (unpaired) electrons. The Labute approximate surface area is 111 Å². The molecule has 0 atom stereocenters. The van der Waals surface area contributed by atoms with Crippen LogP contribution >= 0.6 is 0 Å². The van der Waals surface area contributed by atoms with Gasteiger partial charge in [0.1, 0.15) is 11.3 Å². The summed E-state index contributed by atoms with van der Waals surface area (Å²) in [4.78, 5) is 13.9. The highest BCUT2D eigenvalue weighted by atomic mass is 16.5. The minimum Gasteiger partial charge on any atom is -0.497 e. The van der Waals surface area contributed by atoms with Crippen LogP contribution in [0.3, 0.4) is 0 Å². The third kappa shape index (κ3) is 2.37. The number of methoxy groups -OCH3 is 1. The van der Waals surface area contributed by atoms with Crippen LogP contribution in [0.2, 0.25) is 0 Å². The summed E-state index contributed by atoms with van der Waals surface area (Å²) in [7, 11) is 3.29. The average Bonchev–Trinajstić information content (AvgIpc) is 2.77. The van der Waals surface area contributed by atoms with E-state index in [1.807, 2.05) is 12.1 Å². The minimum atomic E-state index is -0.200. The molecule has 19 heavy (non-hydrogen) atoms. The normalized spacial score (nSPS) is 10.3. The number of rotatable bonds is 3. The van der Waals surface area contributed by atoms with E-state index in [1.165, 1.54) is 4.90 Å². The Bertz CT molecular complexity index is 570. The number of nitrogens with two attached hydrogens (primary N) is 1. The molecule has 0 aliphatic rings. The molecule has 0 aliphatic carbocycles. The minimum absolute atomic E-state index is 0.200. The number of aromatic nitrogens is 2. The first kappa shape index (κ1) is 12.9. The van der Waals surface area contributed by atoms with Crippen LogP contribution in [0.4, 0.5) is 11.5 Å². The van der Waals surface area contributed by atoms with E-state index in [0.717, 1.165) is 11.4 Å². The van der Waals surface area contributed by atoms with Crippen LogP contribution < -0.4 is 15.4 Å². The Hall–Kier alpha value is -2.50. The van der Waals surface area contributed by atoms with Crippen molar-refractivity contribution in [2.24, 2.45) is 0 Å². The highest BCUT2D eigenvalue weighted by Crippen LogP contribution is 2.22. The fraction of sp³-hybridized carbons (Fsp3) is 0.231. The van der Waals surface area contributed by atoms with Gasteiger partial charge in [-0.25, -0.2) is 0 Å². The van der Waals surface area contributed by atoms with Crippen molar-refractivity contribution in [3.63, 3.8) is 0 Å². The largest absolute Gasteiger partial charge is 0.497 e. The molecule has 6 nitrogen and oxygen atoms in total. The Kier molecular flexibility index (Phi) is 3.41. The van der Waals surface area contributed by atoms with E-state index < -0.39 is 0 Å². The molecular weight excluding hydrogens is 244 g/mol. The lowest BCUT2D eigenvalue weighted by Gasteiger charge is -2.17. The molecule has 1 aromatic carbocycles. The first-order valence-corrected chi connectivity index (χ1v) is 5.77. The molecule has 0 unspecified atom stereocenters. The van der Waals surface area contributed by atoms with Crippen LogP contribution in [-0.4, -0.2) is 30.3 Å². The van der Waals surface area contributed by atoms with E-state index in [1.54, 1.807) is 33.2 Å². The monoisotopic (exact) mass is 260 g/mol. The fourth-order valence-corrected chi connectivity index (χ4v) is 1.81. The maximum absolute atomic E-state index is 12.4. The van der Waals surface area contributed by atoms with Gasteiger partial charge >= 0.3 is 0 Å². The first-order valence-electron chi connectivity index (χ1n) is 5.77. The lowest BCUT2D eigenvalue weighted by atomic mass is 10.2. The van der Waals surface area contributed by atoms with Gasteiger partial charge in [0.05, 0.1) is 7.11 Å². The van der Waals surface area contributed by atoms with Gasteiger partial charge in [-0.15, -0.1) is 0 Å². The van der Waals surface area contributed by atoms with Gasteiger partial charge in [0.25, 0.3) is 5.91 Å². The molecule has 0 bridgehead atoms. The van der Waals surface area contributed by atoms with Crippen molar-refractivity contribution in [2.75, 3.05) is 24.8 Å². The molecule has 1 heterocycles. The van der Waals surface area contributed by atoms with Crippen molar-refractivity contribution in [1.29, 1.82) is 0 Å². The summed E-state index contributed by atoms with van der Waals surface area (Å²) in [5, 5.41) is 6.53. The number of H-pyrrole nitrogens is 1. The quantitative estimate of drug-likeness (QED) is 0.877. The maximum Gasteiger partial charge on any atom is 0.263 e. The Morgan fingerprint density at radius 3 is 2.47 bits per heavy atom. The summed E-state index contributed by atoms with van der Waals surface area (Å²) in [6.07, 6.45) is 0. The average molecular weight is 260 g/mol. The van der Waals surface area contributed by atoms with Crippen LogP contribution in [0.5, 0.6) is 5.75 Å². The van der Waals surface area contributed by atoms with Gasteiger partial charge in [0.15, 0.2) is 5.82 Å². The molecule has 2 rings (SSSR count). The number of aryl methyl sites for hydroxylation is 1. The summed E-state index contributed by atoms with van der Waals surface area (Å²) in [5.41, 5.74) is 7.51. The number of hydrogen-bond acceptors (Lipinski definition) is 4. The van der Waals surface area contributed by atoms with Gasteiger partial charge in [0, 0.05) is 18.4 Å². The SMILES string of the molecule is COc1ccc(N(C)C(=O)c2c(N)n[nH]c2C)cc1. The van der Waals surface area contributed by atoms with Crippen molar-refractivity contribution in [2.45, 2.75) is 6.92 Å². The second kappa shape index (κ2) is 5.01. The van der Waals surface area contributed by atoms with Crippen molar-refractivity contribution < 1.29 is 9.53 Å². The maximum atomic E-state index is 12.4. The van der Waals surface area contributed by atoms with Crippen molar-refractivity contribution in [3.05, 3.63) is 35.5 Å². The van der Waals surface area contributed by atoms with Gasteiger partial charge in [0.2, 0.25) is 0 Å². The Balaban J connectivity index is 2.28. The van der Waals surface area contributed by atoms with Gasteiger partial charge < -0.3 is 15.4 Å². The highest BCUT2D eigenvalue weighted by Gasteiger charge is 2.20. The molecule has 3 N–H and O–H groups in total. The molecule has 0 spiro atoms. The van der Waals surface area contributed by atoms with Gasteiger partial charge in [-0.05, 0) is 31.2 Å². The van der Waals surface area contributed by atoms with Crippen LogP contribution in [0.15, 0.2) is 24.3 Å². The molecule has 0 aliphatic heterocycles. The van der Waals surface area contributed by atoms with Crippen LogP contribution in [0.25, 0.3) is 0 Å².